The lowest BCUT2D eigenvalue weighted by Crippen LogP contribution is -2.30. The molecule has 0 spiro atoms. The molecule has 400 valence electrons. The van der Waals surface area contributed by atoms with Crippen molar-refractivity contribution in [2.45, 2.75) is 309 Å². The van der Waals surface area contributed by atoms with Gasteiger partial charge < -0.3 is 14.2 Å². The van der Waals surface area contributed by atoms with Crippen LogP contribution in [0.4, 0.5) is 0 Å². The van der Waals surface area contributed by atoms with Gasteiger partial charge in [0.1, 0.15) is 13.2 Å². The number of unbranched alkanes of at least 4 members (excludes halogenated alkanes) is 33. The first kappa shape index (κ1) is 66.1. The summed E-state index contributed by atoms with van der Waals surface area (Å²) in [5.41, 5.74) is 0. The van der Waals surface area contributed by atoms with Crippen molar-refractivity contribution in [3.05, 3.63) is 60.8 Å². The highest BCUT2D eigenvalue weighted by Crippen LogP contribution is 2.16. The lowest BCUT2D eigenvalue weighted by Gasteiger charge is -2.18. The molecule has 0 rings (SSSR count). The summed E-state index contributed by atoms with van der Waals surface area (Å²) in [6.07, 6.45) is 72.5. The van der Waals surface area contributed by atoms with Gasteiger partial charge in [-0.1, -0.05) is 261 Å². The minimum atomic E-state index is -0.785. The summed E-state index contributed by atoms with van der Waals surface area (Å²) in [7, 11) is 0. The normalized spacial score (nSPS) is 12.4. The maximum atomic E-state index is 12.8. The number of rotatable bonds is 54. The van der Waals surface area contributed by atoms with Crippen LogP contribution in [-0.2, 0) is 28.6 Å². The van der Waals surface area contributed by atoms with Crippen molar-refractivity contribution >= 4 is 17.9 Å². The zero-order chi connectivity index (χ0) is 50.0. The average Bonchev–Trinajstić information content (AvgIpc) is 3.35. The summed E-state index contributed by atoms with van der Waals surface area (Å²) in [4.78, 5) is 38.0. The molecule has 0 N–H and O–H groups in total. The SMILES string of the molecule is CC/C=C\C/C=C\C/C=C\CCCCCC(=O)OC(COC(=O)CCCCCCCCCCC)COC(=O)CCCCCCCCCCCCCCCCCCC/C=C\C/C=C\CCCCCCC. The second-order valence-corrected chi connectivity index (χ2v) is 19.9. The molecule has 1 atom stereocenters. The summed E-state index contributed by atoms with van der Waals surface area (Å²) in [5, 5.41) is 0. The third-order valence-electron chi connectivity index (χ3n) is 13.0. The van der Waals surface area contributed by atoms with E-state index in [9.17, 15) is 14.4 Å². The summed E-state index contributed by atoms with van der Waals surface area (Å²) < 4.78 is 16.8. The summed E-state index contributed by atoms with van der Waals surface area (Å²) in [5.74, 6) is -0.905. The number of esters is 3. The van der Waals surface area contributed by atoms with E-state index in [4.69, 9.17) is 14.2 Å². The van der Waals surface area contributed by atoms with E-state index < -0.39 is 6.10 Å². The van der Waals surface area contributed by atoms with Gasteiger partial charge in [-0.25, -0.2) is 0 Å². The van der Waals surface area contributed by atoms with Crippen molar-refractivity contribution < 1.29 is 28.6 Å². The van der Waals surface area contributed by atoms with Gasteiger partial charge >= 0.3 is 17.9 Å². The third kappa shape index (κ3) is 55.9. The number of carbonyl (C=O) groups is 3. The number of carbonyl (C=O) groups excluding carboxylic acids is 3. The third-order valence-corrected chi connectivity index (χ3v) is 13.0. The van der Waals surface area contributed by atoms with E-state index in [0.29, 0.717) is 19.3 Å². The van der Waals surface area contributed by atoms with Crippen molar-refractivity contribution in [3.8, 4) is 0 Å². The number of allylic oxidation sites excluding steroid dienone is 10. The summed E-state index contributed by atoms with van der Waals surface area (Å²) in [6.45, 7) is 6.49. The fourth-order valence-electron chi connectivity index (χ4n) is 8.55. The highest BCUT2D eigenvalue weighted by molar-refractivity contribution is 5.71. The predicted molar refractivity (Wildman–Crippen MR) is 298 cm³/mol. The molecule has 0 aliphatic carbocycles. The molecule has 0 heterocycles. The monoisotopic (exact) mass is 965 g/mol. The summed E-state index contributed by atoms with van der Waals surface area (Å²) >= 11 is 0. The fourth-order valence-corrected chi connectivity index (χ4v) is 8.55. The lowest BCUT2D eigenvalue weighted by molar-refractivity contribution is -0.167. The van der Waals surface area contributed by atoms with Gasteiger partial charge in [0.2, 0.25) is 0 Å². The van der Waals surface area contributed by atoms with Gasteiger partial charge in [-0.05, 0) is 83.5 Å². The molecule has 0 bridgehead atoms. The standard InChI is InChI=1S/C63H112O6/c1-4-7-10-13-16-19-21-23-24-25-26-27-28-29-30-31-32-33-34-35-36-37-38-40-41-44-47-50-53-56-62(65)68-59-60(58-67-61(64)55-52-49-46-43-18-15-12-9-6-3)69-63(66)57-54-51-48-45-42-39-22-20-17-14-11-8-5-2/h8,11,17,20-21,23,25-26,39,42,60H,4-7,9-10,12-16,18-19,22,24,27-38,40-41,43-59H2,1-3H3/b11-8-,20-17-,23-21-,26-25-,42-39-. The van der Waals surface area contributed by atoms with E-state index >= 15 is 0 Å². The Hall–Kier alpha value is -2.89. The van der Waals surface area contributed by atoms with Crippen LogP contribution in [0, 0.1) is 0 Å². The maximum absolute atomic E-state index is 12.8. The van der Waals surface area contributed by atoms with Crippen LogP contribution < -0.4 is 0 Å². The molecule has 0 saturated heterocycles. The first-order chi connectivity index (χ1) is 34.0. The highest BCUT2D eigenvalue weighted by Gasteiger charge is 2.19. The Kier molecular flexibility index (Phi) is 55.3. The Morgan fingerprint density at radius 1 is 0.304 bits per heavy atom. The van der Waals surface area contributed by atoms with E-state index in [1.54, 1.807) is 0 Å². The van der Waals surface area contributed by atoms with Crippen LogP contribution in [0.2, 0.25) is 0 Å². The largest absolute Gasteiger partial charge is 0.462 e. The van der Waals surface area contributed by atoms with Gasteiger partial charge in [0.15, 0.2) is 6.10 Å². The molecule has 0 aliphatic heterocycles. The smallest absolute Gasteiger partial charge is 0.306 e. The quantitative estimate of drug-likeness (QED) is 0.0262. The zero-order valence-electron chi connectivity index (χ0n) is 45.8. The van der Waals surface area contributed by atoms with Crippen LogP contribution in [0.25, 0.3) is 0 Å². The molecule has 6 heteroatoms. The molecular weight excluding hydrogens is 853 g/mol. The Morgan fingerprint density at radius 2 is 0.565 bits per heavy atom. The summed E-state index contributed by atoms with van der Waals surface area (Å²) in [6, 6.07) is 0. The second kappa shape index (κ2) is 57.7. The van der Waals surface area contributed by atoms with Crippen molar-refractivity contribution in [1.29, 1.82) is 0 Å². The molecule has 0 saturated carbocycles. The van der Waals surface area contributed by atoms with Crippen LogP contribution in [0.15, 0.2) is 60.8 Å². The van der Waals surface area contributed by atoms with E-state index in [1.165, 1.54) is 173 Å². The van der Waals surface area contributed by atoms with E-state index in [1.807, 2.05) is 0 Å². The molecule has 0 aromatic carbocycles. The Balaban J connectivity index is 4.09. The van der Waals surface area contributed by atoms with Crippen LogP contribution in [0.3, 0.4) is 0 Å². The van der Waals surface area contributed by atoms with Gasteiger partial charge in [0, 0.05) is 19.3 Å². The van der Waals surface area contributed by atoms with Crippen LogP contribution in [-0.4, -0.2) is 37.2 Å². The molecule has 1 unspecified atom stereocenters. The predicted octanol–water partition coefficient (Wildman–Crippen LogP) is 20.0. The van der Waals surface area contributed by atoms with Crippen molar-refractivity contribution in [2.24, 2.45) is 0 Å². The average molecular weight is 966 g/mol. The van der Waals surface area contributed by atoms with E-state index in [0.717, 1.165) is 89.9 Å². The topological polar surface area (TPSA) is 78.9 Å². The van der Waals surface area contributed by atoms with Crippen molar-refractivity contribution in [3.63, 3.8) is 0 Å². The lowest BCUT2D eigenvalue weighted by atomic mass is 10.0. The molecule has 0 aromatic rings. The fraction of sp³-hybridized carbons (Fsp3) is 0.794. The van der Waals surface area contributed by atoms with E-state index in [2.05, 4.69) is 81.5 Å². The minimum absolute atomic E-state index is 0.0830. The molecule has 0 amide bonds. The molecular formula is C63H112O6. The van der Waals surface area contributed by atoms with Crippen LogP contribution in [0.5, 0.6) is 0 Å². The van der Waals surface area contributed by atoms with Crippen molar-refractivity contribution in [2.75, 3.05) is 13.2 Å². The number of ether oxygens (including phenoxy) is 3. The van der Waals surface area contributed by atoms with Gasteiger partial charge in [0.25, 0.3) is 0 Å². The van der Waals surface area contributed by atoms with Gasteiger partial charge in [-0.3, -0.25) is 14.4 Å². The van der Waals surface area contributed by atoms with E-state index in [-0.39, 0.29) is 31.1 Å². The molecule has 0 aromatic heterocycles. The maximum Gasteiger partial charge on any atom is 0.306 e. The van der Waals surface area contributed by atoms with Gasteiger partial charge in [-0.15, -0.1) is 0 Å². The molecule has 0 fully saturated rings. The van der Waals surface area contributed by atoms with Crippen LogP contribution >= 0.6 is 0 Å². The van der Waals surface area contributed by atoms with Gasteiger partial charge in [-0.2, -0.15) is 0 Å². The molecule has 0 radical (unpaired) electrons. The Labute approximate surface area is 428 Å². The Morgan fingerprint density at radius 3 is 0.899 bits per heavy atom. The van der Waals surface area contributed by atoms with Gasteiger partial charge in [0.05, 0.1) is 0 Å². The Bertz CT molecular complexity index is 1250. The number of hydrogen-bond acceptors (Lipinski definition) is 6. The molecule has 0 aliphatic rings. The minimum Gasteiger partial charge on any atom is -0.462 e. The van der Waals surface area contributed by atoms with Crippen LogP contribution in [0.1, 0.15) is 303 Å². The molecule has 6 nitrogen and oxygen atoms in total. The molecule has 69 heavy (non-hydrogen) atoms. The zero-order valence-corrected chi connectivity index (χ0v) is 45.8. The number of hydrogen-bond donors (Lipinski definition) is 0. The van der Waals surface area contributed by atoms with Crippen molar-refractivity contribution in [1.82, 2.24) is 0 Å². The highest BCUT2D eigenvalue weighted by atomic mass is 16.6. The first-order valence-electron chi connectivity index (χ1n) is 29.8. The second-order valence-electron chi connectivity index (χ2n) is 19.9. The first-order valence-corrected chi connectivity index (χ1v) is 29.8.